The molecule has 0 amide bonds. The lowest BCUT2D eigenvalue weighted by atomic mass is 9.91. The number of benzene rings is 1. The number of aromatic hydroxyl groups is 1. The van der Waals surface area contributed by atoms with Crippen molar-refractivity contribution < 1.29 is 9.84 Å². The van der Waals surface area contributed by atoms with Gasteiger partial charge in [-0.05, 0) is 36.1 Å². The van der Waals surface area contributed by atoms with E-state index in [-0.39, 0.29) is 5.60 Å². The fraction of sp³-hybridized carbons (Fsp3) is 0.500. The first-order valence-electron chi connectivity index (χ1n) is 5.27. The van der Waals surface area contributed by atoms with E-state index in [4.69, 9.17) is 4.74 Å². The summed E-state index contributed by atoms with van der Waals surface area (Å²) in [5.41, 5.74) is 2.44. The van der Waals surface area contributed by atoms with Gasteiger partial charge in [0.05, 0.1) is 12.2 Å². The molecule has 2 nitrogen and oxygen atoms in total. The first-order valence-corrected chi connectivity index (χ1v) is 5.27. The van der Waals surface area contributed by atoms with Crippen molar-refractivity contribution in [3.05, 3.63) is 29.3 Å². The zero-order chi connectivity index (χ0) is 9.60. The van der Waals surface area contributed by atoms with Gasteiger partial charge in [-0.3, -0.25) is 0 Å². The van der Waals surface area contributed by atoms with Gasteiger partial charge in [0, 0.05) is 0 Å². The first-order chi connectivity index (χ1) is 6.80. The molecule has 1 aliphatic carbocycles. The van der Waals surface area contributed by atoms with E-state index < -0.39 is 0 Å². The number of fused-ring (bicyclic) bond motifs is 2. The molecule has 0 saturated heterocycles. The molecule has 3 rings (SSSR count). The van der Waals surface area contributed by atoms with Gasteiger partial charge in [0.2, 0.25) is 0 Å². The Bertz CT molecular complexity index is 365. The van der Waals surface area contributed by atoms with E-state index >= 15 is 0 Å². The number of hydrogen-bond donors (Lipinski definition) is 1. The molecule has 1 aromatic carbocycles. The largest absolute Gasteiger partial charge is 0.508 e. The predicted molar refractivity (Wildman–Crippen MR) is 53.0 cm³/mol. The molecule has 0 atom stereocenters. The summed E-state index contributed by atoms with van der Waals surface area (Å²) in [5.74, 6) is 0.362. The molecule has 1 fully saturated rings. The van der Waals surface area contributed by atoms with Crippen molar-refractivity contribution in [1.29, 1.82) is 0 Å². The van der Waals surface area contributed by atoms with Crippen molar-refractivity contribution >= 4 is 0 Å². The van der Waals surface area contributed by atoms with Gasteiger partial charge in [-0.15, -0.1) is 0 Å². The summed E-state index contributed by atoms with van der Waals surface area (Å²) >= 11 is 0. The minimum Gasteiger partial charge on any atom is -0.508 e. The predicted octanol–water partition coefficient (Wildman–Crippen LogP) is 2.69. The van der Waals surface area contributed by atoms with Crippen molar-refractivity contribution in [3.63, 3.8) is 0 Å². The number of phenols is 1. The fourth-order valence-corrected chi connectivity index (χ4v) is 2.77. The van der Waals surface area contributed by atoms with Crippen molar-refractivity contribution in [1.82, 2.24) is 0 Å². The lowest BCUT2D eigenvalue weighted by molar-refractivity contribution is -0.0325. The van der Waals surface area contributed by atoms with Gasteiger partial charge in [-0.2, -0.15) is 0 Å². The molecular weight excluding hydrogens is 176 g/mol. The normalized spacial score (nSPS) is 22.9. The van der Waals surface area contributed by atoms with Gasteiger partial charge >= 0.3 is 0 Å². The second-order valence-corrected chi connectivity index (χ2v) is 4.33. The van der Waals surface area contributed by atoms with Crippen molar-refractivity contribution in [3.8, 4) is 5.75 Å². The maximum absolute atomic E-state index is 9.48. The highest BCUT2D eigenvalue weighted by Crippen LogP contribution is 2.48. The van der Waals surface area contributed by atoms with Crippen LogP contribution in [0.3, 0.4) is 0 Å². The third kappa shape index (κ3) is 1.01. The van der Waals surface area contributed by atoms with Gasteiger partial charge in [0.25, 0.3) is 0 Å². The molecule has 1 aromatic rings. The van der Waals surface area contributed by atoms with Gasteiger partial charge in [-0.25, -0.2) is 0 Å². The van der Waals surface area contributed by atoms with Crippen LogP contribution in [0.5, 0.6) is 5.75 Å². The number of hydrogen-bond acceptors (Lipinski definition) is 2. The van der Waals surface area contributed by atoms with Crippen LogP contribution in [0, 0.1) is 0 Å². The zero-order valence-corrected chi connectivity index (χ0v) is 8.12. The molecule has 1 spiro atoms. The summed E-state index contributed by atoms with van der Waals surface area (Å²) in [6.07, 6.45) is 4.72. The molecule has 2 heteroatoms. The van der Waals surface area contributed by atoms with E-state index in [1.54, 1.807) is 6.07 Å². The molecule has 1 heterocycles. The van der Waals surface area contributed by atoms with Crippen LogP contribution in [0.15, 0.2) is 18.2 Å². The smallest absolute Gasteiger partial charge is 0.115 e. The minimum atomic E-state index is -0.0475. The summed E-state index contributed by atoms with van der Waals surface area (Å²) < 4.78 is 5.92. The monoisotopic (exact) mass is 190 g/mol. The van der Waals surface area contributed by atoms with E-state index in [2.05, 4.69) is 0 Å². The Kier molecular flexibility index (Phi) is 1.62. The number of phenolic OH excluding ortho intramolecular Hbond substituents is 1. The molecule has 2 aliphatic rings. The summed E-state index contributed by atoms with van der Waals surface area (Å²) in [5, 5.41) is 9.48. The molecular formula is C12H14O2. The van der Waals surface area contributed by atoms with Gasteiger partial charge in [-0.1, -0.05) is 18.9 Å². The Balaban J connectivity index is 2.12. The molecule has 1 aliphatic heterocycles. The topological polar surface area (TPSA) is 29.5 Å². The fourth-order valence-electron chi connectivity index (χ4n) is 2.77. The Morgan fingerprint density at radius 2 is 2.00 bits per heavy atom. The summed E-state index contributed by atoms with van der Waals surface area (Å²) in [6, 6.07) is 5.61. The van der Waals surface area contributed by atoms with Crippen LogP contribution in [0.1, 0.15) is 36.8 Å². The Morgan fingerprint density at radius 1 is 1.21 bits per heavy atom. The molecule has 0 radical (unpaired) electrons. The summed E-state index contributed by atoms with van der Waals surface area (Å²) in [4.78, 5) is 0. The van der Waals surface area contributed by atoms with Crippen LogP contribution >= 0.6 is 0 Å². The van der Waals surface area contributed by atoms with E-state index in [0.29, 0.717) is 5.75 Å². The van der Waals surface area contributed by atoms with E-state index in [0.717, 1.165) is 19.4 Å². The first kappa shape index (κ1) is 8.30. The number of ether oxygens (including phenoxy) is 1. The lowest BCUT2D eigenvalue weighted by Crippen LogP contribution is -2.20. The Morgan fingerprint density at radius 3 is 2.79 bits per heavy atom. The van der Waals surface area contributed by atoms with Crippen LogP contribution in [0.2, 0.25) is 0 Å². The molecule has 14 heavy (non-hydrogen) atoms. The molecule has 74 valence electrons. The van der Waals surface area contributed by atoms with Crippen LogP contribution in [0.25, 0.3) is 0 Å². The maximum atomic E-state index is 9.48. The lowest BCUT2D eigenvalue weighted by Gasteiger charge is -2.23. The third-order valence-corrected chi connectivity index (χ3v) is 3.50. The molecule has 1 saturated carbocycles. The van der Waals surface area contributed by atoms with E-state index in [9.17, 15) is 5.11 Å². The Hall–Kier alpha value is -1.02. The SMILES string of the molecule is Oc1ccc2c(c1)C1(CCCC1)OC2. The quantitative estimate of drug-likeness (QED) is 0.681. The van der Waals surface area contributed by atoms with Crippen molar-refractivity contribution in [2.75, 3.05) is 0 Å². The van der Waals surface area contributed by atoms with Crippen LogP contribution < -0.4 is 0 Å². The van der Waals surface area contributed by atoms with Crippen molar-refractivity contribution in [2.45, 2.75) is 37.9 Å². The summed E-state index contributed by atoms with van der Waals surface area (Å²) in [7, 11) is 0. The maximum Gasteiger partial charge on any atom is 0.115 e. The minimum absolute atomic E-state index is 0.0475. The van der Waals surface area contributed by atoms with Crippen LogP contribution in [-0.4, -0.2) is 5.11 Å². The van der Waals surface area contributed by atoms with Crippen LogP contribution in [-0.2, 0) is 16.9 Å². The average molecular weight is 190 g/mol. The van der Waals surface area contributed by atoms with E-state index in [1.807, 2.05) is 12.1 Å². The standard InChI is InChI=1S/C12H14O2/c13-10-4-3-9-8-14-12(11(9)7-10)5-1-2-6-12/h3-4,7,13H,1-2,5-6,8H2. The van der Waals surface area contributed by atoms with Crippen molar-refractivity contribution in [2.24, 2.45) is 0 Å². The molecule has 1 N–H and O–H groups in total. The molecule has 0 unspecified atom stereocenters. The highest BCUT2D eigenvalue weighted by atomic mass is 16.5. The van der Waals surface area contributed by atoms with Crippen LogP contribution in [0.4, 0.5) is 0 Å². The molecule has 0 bridgehead atoms. The highest BCUT2D eigenvalue weighted by Gasteiger charge is 2.42. The second-order valence-electron chi connectivity index (χ2n) is 4.33. The zero-order valence-electron chi connectivity index (χ0n) is 8.12. The van der Waals surface area contributed by atoms with E-state index in [1.165, 1.54) is 24.0 Å². The average Bonchev–Trinajstić information content (AvgIpc) is 2.77. The summed E-state index contributed by atoms with van der Waals surface area (Å²) in [6.45, 7) is 0.718. The highest BCUT2D eigenvalue weighted by molar-refractivity contribution is 5.41. The number of rotatable bonds is 0. The third-order valence-electron chi connectivity index (χ3n) is 3.50. The molecule has 0 aromatic heterocycles. The van der Waals surface area contributed by atoms with Gasteiger partial charge in [0.15, 0.2) is 0 Å². The van der Waals surface area contributed by atoms with Gasteiger partial charge < -0.3 is 9.84 Å². The second kappa shape index (κ2) is 2.74. The van der Waals surface area contributed by atoms with Gasteiger partial charge in [0.1, 0.15) is 5.75 Å². The Labute approximate surface area is 83.5 Å².